The fraction of sp³-hybridized carbons (Fsp3) is 0.474. The number of halogens is 4. The van der Waals surface area contributed by atoms with Crippen molar-refractivity contribution in [3.63, 3.8) is 0 Å². The van der Waals surface area contributed by atoms with Crippen LogP contribution in [0.5, 0.6) is 0 Å². The minimum absolute atomic E-state index is 0.0849. The molecule has 30 heavy (non-hydrogen) atoms. The number of benzene rings is 1. The maximum atomic E-state index is 12.6. The van der Waals surface area contributed by atoms with Gasteiger partial charge in [0.05, 0.1) is 16.9 Å². The van der Waals surface area contributed by atoms with Crippen molar-refractivity contribution in [2.24, 2.45) is 11.8 Å². The van der Waals surface area contributed by atoms with Gasteiger partial charge in [-0.25, -0.2) is 0 Å². The lowest BCUT2D eigenvalue weighted by Crippen LogP contribution is -2.37. The summed E-state index contributed by atoms with van der Waals surface area (Å²) in [6.07, 6.45) is 1.04. The number of anilines is 1. The van der Waals surface area contributed by atoms with E-state index in [-0.39, 0.29) is 21.5 Å². The van der Waals surface area contributed by atoms with Crippen molar-refractivity contribution >= 4 is 88.8 Å². The summed E-state index contributed by atoms with van der Waals surface area (Å²) in [4.78, 5) is 50.5. The summed E-state index contributed by atoms with van der Waals surface area (Å²) in [5, 5.41) is 3.04. The zero-order valence-corrected chi connectivity index (χ0v) is 21.3. The van der Waals surface area contributed by atoms with Crippen LogP contribution in [-0.2, 0) is 23.9 Å². The Kier molecular flexibility index (Phi) is 7.63. The zero-order valence-electron chi connectivity index (χ0n) is 15.8. The molecule has 11 heteroatoms. The number of fused-ring (bicyclic) bond motifs is 1. The summed E-state index contributed by atoms with van der Waals surface area (Å²) in [6.45, 7) is 0.755. The number of nitrogens with one attached hydrogen (secondary N) is 1. The minimum Gasteiger partial charge on any atom is -0.454 e. The van der Waals surface area contributed by atoms with Gasteiger partial charge in [0, 0.05) is 19.8 Å². The number of aryl methyl sites for hydroxylation is 1. The lowest BCUT2D eigenvalue weighted by Gasteiger charge is -2.29. The van der Waals surface area contributed by atoms with Gasteiger partial charge in [-0.3, -0.25) is 24.1 Å². The van der Waals surface area contributed by atoms with E-state index >= 15 is 0 Å². The summed E-state index contributed by atoms with van der Waals surface area (Å²) in [5.41, 5.74) is 1.27. The largest absolute Gasteiger partial charge is 0.454 e. The summed E-state index contributed by atoms with van der Waals surface area (Å²) in [6, 6.07) is 3.33. The van der Waals surface area contributed by atoms with Crippen LogP contribution in [0.25, 0.3) is 0 Å². The van der Waals surface area contributed by atoms with E-state index in [0.717, 1.165) is 10.5 Å². The number of ether oxygens (including phenoxy) is 1. The van der Waals surface area contributed by atoms with Gasteiger partial charge >= 0.3 is 5.97 Å². The number of carbonyl (C=O) groups excluding carboxylic acids is 4. The maximum absolute atomic E-state index is 12.6. The number of carbonyl (C=O) groups is 4. The highest BCUT2D eigenvalue weighted by Gasteiger charge is 2.52. The number of amides is 3. The number of esters is 1. The second-order valence-electron chi connectivity index (χ2n) is 7.27. The summed E-state index contributed by atoms with van der Waals surface area (Å²) in [7, 11) is 0. The van der Waals surface area contributed by atoms with E-state index in [1.807, 2.05) is 0 Å². The van der Waals surface area contributed by atoms with Gasteiger partial charge in [0.15, 0.2) is 6.61 Å². The molecule has 3 amide bonds. The number of hydrogen-bond acceptors (Lipinski definition) is 5. The highest BCUT2D eigenvalue weighted by molar-refractivity contribution is 9.12. The monoisotopic (exact) mass is 626 g/mol. The van der Waals surface area contributed by atoms with Crippen LogP contribution in [0.3, 0.4) is 0 Å². The second-order valence-corrected chi connectivity index (χ2v) is 10.9. The highest BCUT2D eigenvalue weighted by atomic mass is 79.9. The molecule has 1 saturated carbocycles. The molecule has 1 aromatic rings. The van der Waals surface area contributed by atoms with E-state index in [9.17, 15) is 19.2 Å². The van der Waals surface area contributed by atoms with Crippen molar-refractivity contribution in [3.8, 4) is 0 Å². The summed E-state index contributed by atoms with van der Waals surface area (Å²) >= 11 is 16.4. The van der Waals surface area contributed by atoms with Gasteiger partial charge in [-0.15, -0.1) is 0 Å². The fourth-order valence-electron chi connectivity index (χ4n) is 3.61. The van der Waals surface area contributed by atoms with Gasteiger partial charge in [0.25, 0.3) is 5.91 Å². The summed E-state index contributed by atoms with van der Waals surface area (Å²) in [5.74, 6) is -2.97. The van der Waals surface area contributed by atoms with E-state index in [1.165, 1.54) is 0 Å². The molecule has 2 fully saturated rings. The maximum Gasteiger partial charge on any atom is 0.326 e. The first-order valence-corrected chi connectivity index (χ1v) is 12.1. The van der Waals surface area contributed by atoms with E-state index < -0.39 is 36.9 Å². The van der Waals surface area contributed by atoms with Crippen LogP contribution >= 0.6 is 59.4 Å². The Bertz CT molecular complexity index is 884. The van der Waals surface area contributed by atoms with Crippen molar-refractivity contribution in [1.82, 2.24) is 4.90 Å². The average molecular weight is 630 g/mol. The molecule has 0 aromatic heterocycles. The van der Waals surface area contributed by atoms with Gasteiger partial charge in [-0.2, -0.15) is 0 Å². The van der Waals surface area contributed by atoms with Crippen LogP contribution in [0.2, 0.25) is 5.02 Å². The Hall–Kier alpha value is -0.970. The van der Waals surface area contributed by atoms with E-state index in [4.69, 9.17) is 16.3 Å². The lowest BCUT2D eigenvalue weighted by atomic mass is 9.81. The third-order valence-electron chi connectivity index (χ3n) is 5.20. The predicted molar refractivity (Wildman–Crippen MR) is 122 cm³/mol. The molecule has 1 aliphatic heterocycles. The van der Waals surface area contributed by atoms with Gasteiger partial charge in [-0.1, -0.05) is 43.5 Å². The van der Waals surface area contributed by atoms with Crippen LogP contribution in [0.4, 0.5) is 5.69 Å². The molecule has 0 radical (unpaired) electrons. The molecule has 1 N–H and O–H groups in total. The molecule has 0 bridgehead atoms. The molecule has 3 rings (SSSR count). The standard InChI is InChI=1S/C19H18Br3ClN2O5/c1-8-2-13(22)14(23)5-15(8)24-16(26)7-30-17(27)6-25-18(28)9-3-11(20)12(21)4-10(9)19(25)29/h2,5,9-12H,3-4,6-7H2,1H3,(H,24,26)/t9-,10+,11+,12-. The van der Waals surface area contributed by atoms with Crippen molar-refractivity contribution in [2.45, 2.75) is 29.4 Å². The topological polar surface area (TPSA) is 92.8 Å². The number of nitrogens with zero attached hydrogens (tertiary/aromatic N) is 1. The Labute approximate surface area is 203 Å². The molecule has 0 unspecified atom stereocenters. The van der Waals surface area contributed by atoms with Crippen molar-refractivity contribution < 1.29 is 23.9 Å². The molecule has 2 aliphatic rings. The first-order chi connectivity index (χ1) is 14.1. The Balaban J connectivity index is 1.53. The minimum atomic E-state index is -0.818. The van der Waals surface area contributed by atoms with Gasteiger partial charge < -0.3 is 10.1 Å². The Morgan fingerprint density at radius 3 is 2.30 bits per heavy atom. The first kappa shape index (κ1) is 23.7. The van der Waals surface area contributed by atoms with Crippen LogP contribution < -0.4 is 5.32 Å². The quantitative estimate of drug-likeness (QED) is 0.304. The first-order valence-electron chi connectivity index (χ1n) is 9.13. The zero-order chi connectivity index (χ0) is 22.2. The van der Waals surface area contributed by atoms with Crippen molar-refractivity contribution in [1.29, 1.82) is 0 Å². The van der Waals surface area contributed by atoms with Crippen molar-refractivity contribution in [3.05, 3.63) is 27.2 Å². The second kappa shape index (κ2) is 9.67. The smallest absolute Gasteiger partial charge is 0.326 e. The number of alkyl halides is 2. The number of likely N-dealkylation sites (tertiary alicyclic amines) is 1. The fourth-order valence-corrected chi connectivity index (χ4v) is 5.47. The Morgan fingerprint density at radius 2 is 1.73 bits per heavy atom. The molecule has 7 nitrogen and oxygen atoms in total. The molecular formula is C19H18Br3ClN2O5. The normalized spacial score (nSPS) is 25.8. The molecule has 4 atom stereocenters. The molecule has 0 spiro atoms. The van der Waals surface area contributed by atoms with Crippen molar-refractivity contribution in [2.75, 3.05) is 18.5 Å². The van der Waals surface area contributed by atoms with E-state index in [0.29, 0.717) is 28.0 Å². The number of imide groups is 1. The molecule has 1 aromatic carbocycles. The molecule has 1 heterocycles. The predicted octanol–water partition coefficient (Wildman–Crippen LogP) is 3.81. The number of rotatable bonds is 5. The highest BCUT2D eigenvalue weighted by Crippen LogP contribution is 2.43. The molecule has 1 saturated heterocycles. The SMILES string of the molecule is Cc1cc(Br)c(Cl)cc1NC(=O)COC(=O)CN1C(=O)[C@H]2C[C@@H](Br)[C@@H](Br)C[C@H]2C1=O. The van der Waals surface area contributed by atoms with Gasteiger partial charge in [-0.05, 0) is 53.4 Å². The lowest BCUT2D eigenvalue weighted by molar-refractivity contribution is -0.154. The Morgan fingerprint density at radius 1 is 1.17 bits per heavy atom. The van der Waals surface area contributed by atoms with Crippen LogP contribution in [-0.4, -0.2) is 51.4 Å². The molecule has 1 aliphatic carbocycles. The van der Waals surface area contributed by atoms with E-state index in [2.05, 4.69) is 53.1 Å². The molecular weight excluding hydrogens is 611 g/mol. The number of hydrogen-bond donors (Lipinski definition) is 1. The third kappa shape index (κ3) is 5.08. The average Bonchev–Trinajstić information content (AvgIpc) is 2.89. The van der Waals surface area contributed by atoms with Gasteiger partial charge in [0.1, 0.15) is 6.54 Å². The molecule has 162 valence electrons. The van der Waals surface area contributed by atoms with Gasteiger partial charge in [0.2, 0.25) is 11.8 Å². The van der Waals surface area contributed by atoms with Crippen LogP contribution in [0.1, 0.15) is 18.4 Å². The summed E-state index contributed by atoms with van der Waals surface area (Å²) < 4.78 is 5.66. The van der Waals surface area contributed by atoms with E-state index in [1.54, 1.807) is 19.1 Å². The third-order valence-corrected chi connectivity index (χ3v) is 9.13. The van der Waals surface area contributed by atoms with Crippen LogP contribution in [0, 0.1) is 18.8 Å². The van der Waals surface area contributed by atoms with Crippen LogP contribution in [0.15, 0.2) is 16.6 Å².